The summed E-state index contributed by atoms with van der Waals surface area (Å²) in [6, 6.07) is 11.1. The molecule has 3 rings (SSSR count). The van der Waals surface area contributed by atoms with Crippen LogP contribution < -0.4 is 5.32 Å². The molecule has 0 aromatic heterocycles. The monoisotopic (exact) mass is 546 g/mol. The van der Waals surface area contributed by atoms with Gasteiger partial charge in [-0.3, -0.25) is 0 Å². The normalized spacial score (nSPS) is 23.5. The lowest BCUT2D eigenvalue weighted by atomic mass is 9.77. The number of nitrogens with zero attached hydrogens (tertiary/aromatic N) is 1. The van der Waals surface area contributed by atoms with Gasteiger partial charge in [0.1, 0.15) is 5.60 Å². The van der Waals surface area contributed by atoms with Crippen molar-refractivity contribution >= 4 is 31.6 Å². The van der Waals surface area contributed by atoms with Gasteiger partial charge in [-0.2, -0.15) is 0 Å². The molecule has 1 amide bonds. The van der Waals surface area contributed by atoms with Crippen molar-refractivity contribution in [3.8, 4) is 0 Å². The van der Waals surface area contributed by atoms with E-state index in [0.717, 1.165) is 24.4 Å². The van der Waals surface area contributed by atoms with E-state index in [9.17, 15) is 4.79 Å². The van der Waals surface area contributed by atoms with Crippen LogP contribution in [0.2, 0.25) is 18.1 Å². The zero-order chi connectivity index (χ0) is 27.4. The topological polar surface area (TPSA) is 50.8 Å². The van der Waals surface area contributed by atoms with Gasteiger partial charge in [-0.1, -0.05) is 76.2 Å². The van der Waals surface area contributed by atoms with Crippen LogP contribution in [-0.4, -0.2) is 49.0 Å². The highest BCUT2D eigenvalue weighted by Crippen LogP contribution is 2.47. The molecule has 208 valence electrons. The number of rotatable bonds is 9. The lowest BCUT2D eigenvalue weighted by Gasteiger charge is -2.41. The fourth-order valence-corrected chi connectivity index (χ4v) is 7.35. The molecule has 1 aliphatic heterocycles. The molecule has 2 fully saturated rings. The van der Waals surface area contributed by atoms with E-state index in [1.54, 1.807) is 0 Å². The van der Waals surface area contributed by atoms with Crippen molar-refractivity contribution < 1.29 is 14.0 Å². The number of carbonyl (C=O) groups is 1. The minimum atomic E-state index is -1.98. The molecule has 37 heavy (non-hydrogen) atoms. The van der Waals surface area contributed by atoms with Gasteiger partial charge < -0.3 is 19.4 Å². The summed E-state index contributed by atoms with van der Waals surface area (Å²) in [6.45, 7) is 18.7. The maximum absolute atomic E-state index is 12.1. The average molecular weight is 547 g/mol. The lowest BCUT2D eigenvalue weighted by Crippen LogP contribution is -2.44. The predicted molar refractivity (Wildman–Crippen MR) is 159 cm³/mol. The van der Waals surface area contributed by atoms with Crippen molar-refractivity contribution in [2.45, 2.75) is 116 Å². The maximum atomic E-state index is 12.1. The zero-order valence-corrected chi connectivity index (χ0v) is 26.2. The third kappa shape index (κ3) is 8.03. The summed E-state index contributed by atoms with van der Waals surface area (Å²) in [4.78, 5) is 15.7. The van der Waals surface area contributed by atoms with Crippen molar-refractivity contribution in [1.29, 1.82) is 0 Å². The molecule has 4 atom stereocenters. The van der Waals surface area contributed by atoms with Crippen LogP contribution in [0.4, 0.5) is 4.79 Å². The number of amides is 1. The Morgan fingerprint density at radius 2 is 1.76 bits per heavy atom. The van der Waals surface area contributed by atoms with Gasteiger partial charge >= 0.3 is 6.09 Å². The van der Waals surface area contributed by atoms with Crippen molar-refractivity contribution in [2.24, 2.45) is 11.8 Å². The van der Waals surface area contributed by atoms with Crippen LogP contribution in [-0.2, 0) is 9.16 Å². The summed E-state index contributed by atoms with van der Waals surface area (Å²) in [5.41, 5.74) is 0.780. The highest BCUT2D eigenvalue weighted by Gasteiger charge is 2.47. The molecule has 2 aliphatic rings. The van der Waals surface area contributed by atoms with Gasteiger partial charge in [0.05, 0.1) is 11.1 Å². The van der Waals surface area contributed by atoms with Crippen LogP contribution in [0.25, 0.3) is 0 Å². The number of ether oxygens (including phenoxy) is 1. The summed E-state index contributed by atoms with van der Waals surface area (Å²) in [7, 11) is -1.98. The molecule has 5 nitrogen and oxygen atoms in total. The Morgan fingerprint density at radius 3 is 2.38 bits per heavy atom. The Hall–Kier alpha value is -1.44. The van der Waals surface area contributed by atoms with Gasteiger partial charge in [-0.25, -0.2) is 4.79 Å². The van der Waals surface area contributed by atoms with Crippen LogP contribution in [0.3, 0.4) is 0 Å². The first-order valence-electron chi connectivity index (χ1n) is 14.2. The number of alkyl carbamates (subject to hydrolysis) is 1. The molecular weight excluding hydrogens is 496 g/mol. The zero-order valence-electron chi connectivity index (χ0n) is 24.4. The van der Waals surface area contributed by atoms with E-state index in [1.165, 1.54) is 31.2 Å². The van der Waals surface area contributed by atoms with E-state index in [1.807, 2.05) is 20.8 Å². The predicted octanol–water partition coefficient (Wildman–Crippen LogP) is 7.87. The van der Waals surface area contributed by atoms with Gasteiger partial charge in [0.15, 0.2) is 8.32 Å². The minimum absolute atomic E-state index is 0.0537. The Morgan fingerprint density at radius 1 is 1.11 bits per heavy atom. The second kappa shape index (κ2) is 12.2. The molecular formula is C30H50N2O3SSi. The quantitative estimate of drug-likeness (QED) is 0.194. The Balaban J connectivity index is 1.77. The van der Waals surface area contributed by atoms with Crippen molar-refractivity contribution in [3.63, 3.8) is 0 Å². The number of nitrogens with one attached hydrogen (secondary N) is 1. The van der Waals surface area contributed by atoms with Crippen LogP contribution in [0.15, 0.2) is 30.3 Å². The maximum Gasteiger partial charge on any atom is 0.407 e. The molecule has 1 aliphatic carbocycles. The van der Waals surface area contributed by atoms with Gasteiger partial charge in [-0.15, -0.1) is 0 Å². The number of hydrogen-bond donors (Lipinski definition) is 1. The first kappa shape index (κ1) is 30.1. The number of likely N-dealkylation sites (tertiary alicyclic amines) is 1. The highest BCUT2D eigenvalue weighted by molar-refractivity contribution is 7.80. The van der Waals surface area contributed by atoms with Crippen LogP contribution >= 0.6 is 12.2 Å². The van der Waals surface area contributed by atoms with Gasteiger partial charge in [0.2, 0.25) is 0 Å². The molecule has 1 heterocycles. The number of benzene rings is 1. The molecule has 0 bridgehead atoms. The van der Waals surface area contributed by atoms with E-state index >= 15 is 0 Å². The second-order valence-corrected chi connectivity index (χ2v) is 18.6. The van der Waals surface area contributed by atoms with Crippen molar-refractivity contribution in [1.82, 2.24) is 10.2 Å². The number of thiocarbonyl (C=S) groups is 1. The minimum Gasteiger partial charge on any atom is -0.444 e. The first-order valence-corrected chi connectivity index (χ1v) is 17.5. The molecule has 1 aromatic carbocycles. The van der Waals surface area contributed by atoms with E-state index in [4.69, 9.17) is 21.4 Å². The third-order valence-corrected chi connectivity index (χ3v) is 13.5. The standard InChI is InChI=1S/C30H50N2O3SSi/c1-29(2,3)34-28(33)31-19-14-20-32-25(23-17-12-13-18-24(23)27(32)36)21-26(22-15-10-9-11-16-22)35-37(7,8)30(4,5)6/h9-11,15-16,23-26H,12-14,17-21H2,1-8H3,(H,31,33)/t23-,24+,25+,26-/m1/s1. The summed E-state index contributed by atoms with van der Waals surface area (Å²) in [5, 5.41) is 3.06. The van der Waals surface area contributed by atoms with Gasteiger partial charge in [0.25, 0.3) is 0 Å². The third-order valence-electron chi connectivity index (χ3n) is 8.43. The van der Waals surface area contributed by atoms with E-state index in [0.29, 0.717) is 24.4 Å². The fourth-order valence-electron chi connectivity index (χ4n) is 5.54. The number of hydrogen-bond acceptors (Lipinski definition) is 4. The SMILES string of the molecule is CC(C)(C)OC(=O)NCCCN1C(=S)[C@H]2CCCC[C@H]2[C@@H]1C[C@@H](O[Si](C)(C)C(C)(C)C)c1ccccc1. The molecule has 1 saturated heterocycles. The van der Waals surface area contributed by atoms with Crippen LogP contribution in [0.1, 0.15) is 91.7 Å². The second-order valence-electron chi connectivity index (χ2n) is 13.4. The van der Waals surface area contributed by atoms with Gasteiger partial charge in [-0.05, 0) is 76.1 Å². The van der Waals surface area contributed by atoms with Crippen LogP contribution in [0, 0.1) is 11.8 Å². The smallest absolute Gasteiger partial charge is 0.407 e. The molecule has 1 N–H and O–H groups in total. The Bertz CT molecular complexity index is 910. The molecule has 0 radical (unpaired) electrons. The van der Waals surface area contributed by atoms with E-state index in [-0.39, 0.29) is 17.2 Å². The van der Waals surface area contributed by atoms with Crippen molar-refractivity contribution in [3.05, 3.63) is 35.9 Å². The molecule has 1 aromatic rings. The average Bonchev–Trinajstić information content (AvgIpc) is 3.06. The molecule has 0 unspecified atom stereocenters. The van der Waals surface area contributed by atoms with Gasteiger partial charge in [0, 0.05) is 25.0 Å². The number of fused-ring (bicyclic) bond motifs is 1. The highest BCUT2D eigenvalue weighted by atomic mass is 32.1. The van der Waals surface area contributed by atoms with E-state index < -0.39 is 13.9 Å². The molecule has 0 spiro atoms. The number of carbonyl (C=O) groups excluding carboxylic acids is 1. The molecule has 7 heteroatoms. The van der Waals surface area contributed by atoms with Crippen molar-refractivity contribution in [2.75, 3.05) is 13.1 Å². The Kier molecular flexibility index (Phi) is 9.90. The largest absolute Gasteiger partial charge is 0.444 e. The fraction of sp³-hybridized carbons (Fsp3) is 0.733. The van der Waals surface area contributed by atoms with Crippen LogP contribution in [0.5, 0.6) is 0 Å². The lowest BCUT2D eigenvalue weighted by molar-refractivity contribution is 0.0525. The summed E-state index contributed by atoms with van der Waals surface area (Å²) >= 11 is 6.11. The summed E-state index contributed by atoms with van der Waals surface area (Å²) in [5.74, 6) is 1.09. The first-order chi connectivity index (χ1) is 17.2. The Labute approximate surface area is 232 Å². The summed E-state index contributed by atoms with van der Waals surface area (Å²) < 4.78 is 12.5. The van der Waals surface area contributed by atoms with E-state index in [2.05, 4.69) is 74.4 Å². The molecule has 1 saturated carbocycles. The summed E-state index contributed by atoms with van der Waals surface area (Å²) in [6.07, 6.45) is 6.49.